The van der Waals surface area contributed by atoms with Crippen LogP contribution in [0.3, 0.4) is 0 Å². The second kappa shape index (κ2) is 7.54. The molecule has 1 unspecified atom stereocenters. The highest BCUT2D eigenvalue weighted by Crippen LogP contribution is 2.24. The summed E-state index contributed by atoms with van der Waals surface area (Å²) in [6.07, 6.45) is 6.54. The van der Waals surface area contributed by atoms with Gasteiger partial charge in [-0.1, -0.05) is 6.92 Å². The molecule has 2 N–H and O–H groups in total. The minimum Gasteiger partial charge on any atom is -0.350 e. The van der Waals surface area contributed by atoms with Crippen LogP contribution in [0, 0.1) is 5.92 Å². The topological polar surface area (TPSA) is 81.3 Å². The summed E-state index contributed by atoms with van der Waals surface area (Å²) < 4.78 is 0. The van der Waals surface area contributed by atoms with Gasteiger partial charge in [0.25, 0.3) is 5.91 Å². The number of nitrogens with one attached hydrogen (secondary N) is 2. The van der Waals surface area contributed by atoms with Crippen LogP contribution >= 0.6 is 0 Å². The molecule has 2 aliphatic heterocycles. The van der Waals surface area contributed by atoms with Crippen LogP contribution in [0.4, 0.5) is 0 Å². The van der Waals surface area contributed by atoms with Crippen molar-refractivity contribution in [3.05, 3.63) is 30.2 Å². The molecular formula is C21H29N5O2. The fourth-order valence-corrected chi connectivity index (χ4v) is 4.29. The molecule has 2 fully saturated rings. The van der Waals surface area contributed by atoms with E-state index >= 15 is 0 Å². The van der Waals surface area contributed by atoms with Gasteiger partial charge in [0.15, 0.2) is 0 Å². The first-order chi connectivity index (χ1) is 13.4. The summed E-state index contributed by atoms with van der Waals surface area (Å²) >= 11 is 0. The molecule has 2 amide bonds. The van der Waals surface area contributed by atoms with E-state index in [0.717, 1.165) is 49.2 Å². The predicted octanol–water partition coefficient (Wildman–Crippen LogP) is 2.02. The van der Waals surface area contributed by atoms with Gasteiger partial charge in [-0.15, -0.1) is 0 Å². The van der Waals surface area contributed by atoms with Crippen LogP contribution in [-0.2, 0) is 4.79 Å². The first-order valence-electron chi connectivity index (χ1n) is 10.2. The van der Waals surface area contributed by atoms with Gasteiger partial charge in [-0.05, 0) is 57.3 Å². The Balaban J connectivity index is 1.34. The second-order valence-electron chi connectivity index (χ2n) is 8.69. The molecule has 4 heterocycles. The van der Waals surface area contributed by atoms with E-state index in [1.54, 1.807) is 12.4 Å². The third-order valence-corrected chi connectivity index (χ3v) is 6.10. The molecule has 0 bridgehead atoms. The SMILES string of the molecule is CC1CCN(CC(=O)NC2(C)CCN(C(=O)c3cc4cnccc4[nH]3)C2)CC1. The third kappa shape index (κ3) is 4.04. The normalized spacial score (nSPS) is 24.0. The Morgan fingerprint density at radius 2 is 2.11 bits per heavy atom. The fraction of sp³-hybridized carbons (Fsp3) is 0.571. The van der Waals surface area contributed by atoms with Crippen molar-refractivity contribution in [1.29, 1.82) is 0 Å². The number of carbonyl (C=O) groups excluding carboxylic acids is 2. The van der Waals surface area contributed by atoms with Gasteiger partial charge in [0, 0.05) is 36.4 Å². The Kier molecular flexibility index (Phi) is 5.10. The number of H-pyrrole nitrogens is 1. The molecule has 4 rings (SSSR count). The highest BCUT2D eigenvalue weighted by Gasteiger charge is 2.38. The number of hydrogen-bond acceptors (Lipinski definition) is 4. The van der Waals surface area contributed by atoms with E-state index in [0.29, 0.717) is 25.3 Å². The van der Waals surface area contributed by atoms with Crippen molar-refractivity contribution in [2.45, 2.75) is 38.6 Å². The van der Waals surface area contributed by atoms with Gasteiger partial charge in [0.2, 0.25) is 5.91 Å². The van der Waals surface area contributed by atoms with E-state index in [1.165, 1.54) is 0 Å². The molecule has 0 aromatic carbocycles. The molecule has 0 aliphatic carbocycles. The van der Waals surface area contributed by atoms with Crippen LogP contribution in [-0.4, -0.2) is 69.8 Å². The first-order valence-corrected chi connectivity index (χ1v) is 10.2. The van der Waals surface area contributed by atoms with Gasteiger partial charge in [-0.2, -0.15) is 0 Å². The first kappa shape index (κ1) is 18.9. The zero-order chi connectivity index (χ0) is 19.7. The molecule has 0 radical (unpaired) electrons. The van der Waals surface area contributed by atoms with Crippen LogP contribution in [0.2, 0.25) is 0 Å². The fourth-order valence-electron chi connectivity index (χ4n) is 4.29. The Labute approximate surface area is 165 Å². The number of rotatable bonds is 4. The van der Waals surface area contributed by atoms with Crippen LogP contribution < -0.4 is 5.32 Å². The number of likely N-dealkylation sites (tertiary alicyclic amines) is 2. The van der Waals surface area contributed by atoms with Crippen molar-refractivity contribution in [3.63, 3.8) is 0 Å². The van der Waals surface area contributed by atoms with Crippen molar-refractivity contribution in [1.82, 2.24) is 25.1 Å². The summed E-state index contributed by atoms with van der Waals surface area (Å²) in [5, 5.41) is 4.11. The summed E-state index contributed by atoms with van der Waals surface area (Å²) in [5.41, 5.74) is 1.11. The lowest BCUT2D eigenvalue weighted by molar-refractivity contribution is -0.124. The van der Waals surface area contributed by atoms with Gasteiger partial charge >= 0.3 is 0 Å². The van der Waals surface area contributed by atoms with Crippen molar-refractivity contribution >= 4 is 22.7 Å². The molecule has 0 saturated carbocycles. The average Bonchev–Trinajstić information content (AvgIpc) is 3.26. The predicted molar refractivity (Wildman–Crippen MR) is 108 cm³/mol. The summed E-state index contributed by atoms with van der Waals surface area (Å²) in [6, 6.07) is 3.71. The van der Waals surface area contributed by atoms with E-state index in [1.807, 2.05) is 24.0 Å². The summed E-state index contributed by atoms with van der Waals surface area (Å²) in [7, 11) is 0. The Morgan fingerprint density at radius 3 is 2.86 bits per heavy atom. The number of piperidine rings is 1. The van der Waals surface area contributed by atoms with Crippen LogP contribution in [0.25, 0.3) is 10.9 Å². The molecular weight excluding hydrogens is 354 g/mol. The maximum Gasteiger partial charge on any atom is 0.270 e. The zero-order valence-electron chi connectivity index (χ0n) is 16.7. The van der Waals surface area contributed by atoms with Crippen LogP contribution in [0.5, 0.6) is 0 Å². The molecule has 150 valence electrons. The van der Waals surface area contributed by atoms with Gasteiger partial charge in [-0.25, -0.2) is 0 Å². The number of amides is 2. The van der Waals surface area contributed by atoms with Gasteiger partial charge < -0.3 is 15.2 Å². The average molecular weight is 383 g/mol. The quantitative estimate of drug-likeness (QED) is 0.846. The largest absolute Gasteiger partial charge is 0.350 e. The lowest BCUT2D eigenvalue weighted by Gasteiger charge is -2.31. The van der Waals surface area contributed by atoms with E-state index in [9.17, 15) is 9.59 Å². The third-order valence-electron chi connectivity index (χ3n) is 6.10. The second-order valence-corrected chi connectivity index (χ2v) is 8.69. The minimum atomic E-state index is -0.372. The maximum atomic E-state index is 12.9. The molecule has 0 spiro atoms. The molecule has 7 nitrogen and oxygen atoms in total. The van der Waals surface area contributed by atoms with Gasteiger partial charge in [-0.3, -0.25) is 19.5 Å². The zero-order valence-corrected chi connectivity index (χ0v) is 16.7. The molecule has 2 aliphatic rings. The van der Waals surface area contributed by atoms with Crippen LogP contribution in [0.1, 0.15) is 43.6 Å². The van der Waals surface area contributed by atoms with Crippen molar-refractivity contribution in [3.8, 4) is 0 Å². The number of nitrogens with zero attached hydrogens (tertiary/aromatic N) is 3. The van der Waals surface area contributed by atoms with Crippen molar-refractivity contribution < 1.29 is 9.59 Å². The number of hydrogen-bond donors (Lipinski definition) is 2. The molecule has 28 heavy (non-hydrogen) atoms. The van der Waals surface area contributed by atoms with Gasteiger partial charge in [0.1, 0.15) is 5.69 Å². The Bertz CT molecular complexity index is 838. The highest BCUT2D eigenvalue weighted by atomic mass is 16.2. The summed E-state index contributed by atoms with van der Waals surface area (Å²) in [4.78, 5) is 36.8. The smallest absolute Gasteiger partial charge is 0.270 e. The molecule has 7 heteroatoms. The van der Waals surface area contributed by atoms with Crippen LogP contribution in [0.15, 0.2) is 24.5 Å². The molecule has 2 aromatic rings. The highest BCUT2D eigenvalue weighted by molar-refractivity contribution is 5.98. The van der Waals surface area contributed by atoms with Crippen molar-refractivity contribution in [2.24, 2.45) is 5.92 Å². The van der Waals surface area contributed by atoms with E-state index in [4.69, 9.17) is 0 Å². The maximum absolute atomic E-state index is 12.9. The Morgan fingerprint density at radius 1 is 1.32 bits per heavy atom. The number of carbonyl (C=O) groups is 2. The number of fused-ring (bicyclic) bond motifs is 1. The van der Waals surface area contributed by atoms with Crippen molar-refractivity contribution in [2.75, 3.05) is 32.7 Å². The number of aromatic nitrogens is 2. The Hall–Kier alpha value is -2.41. The lowest BCUT2D eigenvalue weighted by atomic mass is 9.99. The number of pyridine rings is 1. The number of aromatic amines is 1. The lowest BCUT2D eigenvalue weighted by Crippen LogP contribution is -2.52. The summed E-state index contributed by atoms with van der Waals surface area (Å²) in [5.74, 6) is 0.786. The molecule has 2 saturated heterocycles. The van der Waals surface area contributed by atoms with E-state index < -0.39 is 0 Å². The van der Waals surface area contributed by atoms with E-state index in [2.05, 4.69) is 27.1 Å². The monoisotopic (exact) mass is 383 g/mol. The standard InChI is InChI=1S/C21H29N5O2/c1-15-4-8-25(9-5-15)13-19(27)24-21(2)6-10-26(14-21)20(28)18-11-16-12-22-7-3-17(16)23-18/h3,7,11-12,15,23H,4-6,8-10,13-14H2,1-2H3,(H,24,27). The summed E-state index contributed by atoms with van der Waals surface area (Å²) in [6.45, 7) is 7.91. The molecule has 2 aromatic heterocycles. The van der Waals surface area contributed by atoms with E-state index in [-0.39, 0.29) is 17.4 Å². The minimum absolute atomic E-state index is 0.0285. The molecule has 1 atom stereocenters. The van der Waals surface area contributed by atoms with Gasteiger partial charge in [0.05, 0.1) is 12.1 Å².